The van der Waals surface area contributed by atoms with Crippen molar-refractivity contribution in [3.8, 4) is 11.4 Å². The Morgan fingerprint density at radius 1 is 0.972 bits per heavy atom. The Morgan fingerprint density at radius 3 is 2.17 bits per heavy atom. The Bertz CT molecular complexity index is 1440. The molecule has 0 saturated carbocycles. The van der Waals surface area contributed by atoms with E-state index < -0.39 is 17.3 Å². The van der Waals surface area contributed by atoms with Gasteiger partial charge in [-0.1, -0.05) is 0 Å². The highest BCUT2D eigenvalue weighted by molar-refractivity contribution is 6.01. The summed E-state index contributed by atoms with van der Waals surface area (Å²) in [4.78, 5) is 29.9. The number of hydrogen-bond donors (Lipinski definition) is 2. The van der Waals surface area contributed by atoms with Crippen LogP contribution in [-0.4, -0.2) is 35.7 Å². The number of esters is 1. The fourth-order valence-electron chi connectivity index (χ4n) is 3.68. The van der Waals surface area contributed by atoms with Crippen LogP contribution in [0.4, 0.5) is 21.5 Å². The van der Waals surface area contributed by atoms with Gasteiger partial charge in [0.15, 0.2) is 0 Å². The van der Waals surface area contributed by atoms with Gasteiger partial charge >= 0.3 is 5.97 Å². The number of carbonyl (C=O) groups excluding carboxylic acids is 1. The first-order valence-corrected chi connectivity index (χ1v) is 11.1. The number of methoxy groups -OCH3 is 2. The van der Waals surface area contributed by atoms with Crippen molar-refractivity contribution in [3.05, 3.63) is 100 Å². The highest BCUT2D eigenvalue weighted by Gasteiger charge is 2.20. The number of nitrogens with one attached hydrogen (secondary N) is 2. The maximum atomic E-state index is 13.4. The minimum Gasteiger partial charge on any atom is -0.497 e. The first-order chi connectivity index (χ1) is 17.4. The lowest BCUT2D eigenvalue weighted by molar-refractivity contribution is -0.139. The van der Waals surface area contributed by atoms with Crippen LogP contribution in [-0.2, 0) is 16.0 Å². The lowest BCUT2D eigenvalue weighted by Crippen LogP contribution is -2.20. The maximum Gasteiger partial charge on any atom is 0.311 e. The molecule has 0 radical (unpaired) electrons. The number of anilines is 2. The second-order valence-electron chi connectivity index (χ2n) is 7.93. The predicted octanol–water partition coefficient (Wildman–Crippen LogP) is 4.91. The van der Waals surface area contributed by atoms with E-state index in [-0.39, 0.29) is 12.0 Å². The number of nitrogens with zero attached hydrogens (tertiary/aromatic N) is 2. The largest absolute Gasteiger partial charge is 0.497 e. The van der Waals surface area contributed by atoms with Crippen LogP contribution >= 0.6 is 0 Å². The Balaban J connectivity index is 1.62. The Kier molecular flexibility index (Phi) is 7.29. The number of benzene rings is 3. The molecule has 36 heavy (non-hydrogen) atoms. The molecule has 0 spiro atoms. The molecule has 184 valence electrons. The highest BCUT2D eigenvalue weighted by Crippen LogP contribution is 2.23. The predicted molar refractivity (Wildman–Crippen MR) is 137 cm³/mol. The lowest BCUT2D eigenvalue weighted by atomic mass is 10.1. The van der Waals surface area contributed by atoms with E-state index in [1.807, 2.05) is 48.5 Å². The third-order valence-corrected chi connectivity index (χ3v) is 5.50. The van der Waals surface area contributed by atoms with Gasteiger partial charge in [0.2, 0.25) is 0 Å². The molecule has 2 N–H and O–H groups in total. The van der Waals surface area contributed by atoms with E-state index in [2.05, 4.69) is 15.4 Å². The number of rotatable bonds is 8. The molecule has 9 heteroatoms. The molecule has 0 aliphatic heterocycles. The molecule has 1 heterocycles. The summed E-state index contributed by atoms with van der Waals surface area (Å²) in [7, 11) is 2.90. The molecule has 0 atom stereocenters. The summed E-state index contributed by atoms with van der Waals surface area (Å²) in [5, 5.41) is 6.24. The van der Waals surface area contributed by atoms with Crippen LogP contribution < -0.4 is 15.6 Å². The fraction of sp³-hybridized carbons (Fsp3) is 0.148. The summed E-state index contributed by atoms with van der Waals surface area (Å²) in [5.74, 6) is -0.155. The van der Waals surface area contributed by atoms with Crippen LogP contribution in [0.1, 0.15) is 18.2 Å². The number of aliphatic imine (C=N–C) groups is 1. The average Bonchev–Trinajstić information content (AvgIpc) is 3.21. The number of ether oxygens (including phenoxy) is 2. The Labute approximate surface area is 207 Å². The molecule has 0 aliphatic carbocycles. The van der Waals surface area contributed by atoms with Crippen molar-refractivity contribution in [2.45, 2.75) is 13.3 Å². The molecule has 0 saturated heterocycles. The quantitative estimate of drug-likeness (QED) is 0.271. The first kappa shape index (κ1) is 24.5. The van der Waals surface area contributed by atoms with E-state index in [9.17, 15) is 14.0 Å². The molecular weight excluding hydrogens is 463 g/mol. The van der Waals surface area contributed by atoms with E-state index in [4.69, 9.17) is 9.47 Å². The maximum absolute atomic E-state index is 13.4. The molecule has 0 unspecified atom stereocenters. The van der Waals surface area contributed by atoms with Crippen LogP contribution in [0.25, 0.3) is 5.69 Å². The minimum atomic E-state index is -0.509. The minimum absolute atomic E-state index is 0.146. The number of hydrogen-bond acceptors (Lipinski definition) is 6. The molecular formula is C27H25FN4O4. The van der Waals surface area contributed by atoms with Crippen molar-refractivity contribution in [3.63, 3.8) is 0 Å². The van der Waals surface area contributed by atoms with Gasteiger partial charge in [0.25, 0.3) is 5.56 Å². The number of aromatic amines is 1. The van der Waals surface area contributed by atoms with Crippen molar-refractivity contribution in [1.29, 1.82) is 0 Å². The second kappa shape index (κ2) is 10.7. The van der Waals surface area contributed by atoms with Crippen molar-refractivity contribution in [1.82, 2.24) is 9.78 Å². The number of H-pyrrole nitrogens is 1. The van der Waals surface area contributed by atoms with Crippen LogP contribution in [0.15, 0.2) is 82.6 Å². The van der Waals surface area contributed by atoms with Gasteiger partial charge < -0.3 is 14.8 Å². The smallest absolute Gasteiger partial charge is 0.311 e. The van der Waals surface area contributed by atoms with Gasteiger partial charge in [0.1, 0.15) is 11.6 Å². The molecule has 0 aliphatic rings. The Hall–Kier alpha value is -4.66. The number of halogens is 1. The average molecular weight is 489 g/mol. The van der Waals surface area contributed by atoms with Crippen molar-refractivity contribution < 1.29 is 18.7 Å². The zero-order chi connectivity index (χ0) is 25.7. The van der Waals surface area contributed by atoms with Gasteiger partial charge in [-0.25, -0.2) is 9.07 Å². The third kappa shape index (κ3) is 5.52. The molecule has 0 amide bonds. The summed E-state index contributed by atoms with van der Waals surface area (Å²) in [6, 6.07) is 20.4. The summed E-state index contributed by atoms with van der Waals surface area (Å²) in [5.41, 5.74) is 3.46. The van der Waals surface area contributed by atoms with Gasteiger partial charge in [-0.15, -0.1) is 0 Å². The van der Waals surface area contributed by atoms with Gasteiger partial charge in [0.05, 0.1) is 49.0 Å². The monoisotopic (exact) mass is 488 g/mol. The highest BCUT2D eigenvalue weighted by atomic mass is 19.1. The lowest BCUT2D eigenvalue weighted by Gasteiger charge is -2.08. The zero-order valence-corrected chi connectivity index (χ0v) is 20.0. The normalized spacial score (nSPS) is 11.3. The van der Waals surface area contributed by atoms with E-state index >= 15 is 0 Å². The number of carbonyl (C=O) groups is 1. The standard InChI is InChI=1S/C27H25FN4O4/c1-17(29-19-6-8-20(9-7-19)30-21-10-14-23(35-2)15-11-21)26-24(16-25(33)36-3)31-32(27(26)34)22-12-4-18(28)5-13-22/h4-15,30-31H,16H2,1-3H3. The zero-order valence-electron chi connectivity index (χ0n) is 20.0. The molecule has 0 fully saturated rings. The first-order valence-electron chi connectivity index (χ1n) is 11.1. The van der Waals surface area contributed by atoms with Crippen molar-refractivity contribution in [2.24, 2.45) is 4.99 Å². The van der Waals surface area contributed by atoms with E-state index in [0.29, 0.717) is 22.8 Å². The SMILES string of the molecule is COC(=O)Cc1[nH]n(-c2ccc(F)cc2)c(=O)c1C(C)=Nc1ccc(Nc2ccc(OC)cc2)cc1. The van der Waals surface area contributed by atoms with Crippen LogP contribution in [0.3, 0.4) is 0 Å². The van der Waals surface area contributed by atoms with Crippen LogP contribution in [0.2, 0.25) is 0 Å². The molecule has 8 nitrogen and oxygen atoms in total. The molecule has 4 aromatic rings. The topological polar surface area (TPSA) is 97.7 Å². The fourth-order valence-corrected chi connectivity index (χ4v) is 3.68. The Morgan fingerprint density at radius 2 is 1.58 bits per heavy atom. The van der Waals surface area contributed by atoms with E-state index in [0.717, 1.165) is 17.1 Å². The molecule has 0 bridgehead atoms. The van der Waals surface area contributed by atoms with Gasteiger partial charge in [-0.05, 0) is 79.7 Å². The summed E-state index contributed by atoms with van der Waals surface area (Å²) < 4.78 is 24.6. The van der Waals surface area contributed by atoms with Crippen LogP contribution in [0, 0.1) is 5.82 Å². The molecule has 4 rings (SSSR count). The summed E-state index contributed by atoms with van der Waals surface area (Å²) in [6.07, 6.45) is -0.146. The second-order valence-corrected chi connectivity index (χ2v) is 7.93. The van der Waals surface area contributed by atoms with Crippen molar-refractivity contribution >= 4 is 28.7 Å². The van der Waals surface area contributed by atoms with Crippen LogP contribution in [0.5, 0.6) is 5.75 Å². The summed E-state index contributed by atoms with van der Waals surface area (Å²) >= 11 is 0. The molecule has 3 aromatic carbocycles. The van der Waals surface area contributed by atoms with Gasteiger partial charge in [-0.3, -0.25) is 19.7 Å². The third-order valence-electron chi connectivity index (χ3n) is 5.50. The van der Waals surface area contributed by atoms with Gasteiger partial charge in [0, 0.05) is 11.4 Å². The van der Waals surface area contributed by atoms with E-state index in [1.54, 1.807) is 14.0 Å². The van der Waals surface area contributed by atoms with Gasteiger partial charge in [-0.2, -0.15) is 0 Å². The van der Waals surface area contributed by atoms with E-state index in [1.165, 1.54) is 36.1 Å². The molecule has 1 aromatic heterocycles. The van der Waals surface area contributed by atoms with Crippen molar-refractivity contribution in [2.75, 3.05) is 19.5 Å². The summed E-state index contributed by atoms with van der Waals surface area (Å²) in [6.45, 7) is 1.70. The number of aromatic nitrogens is 2.